The third kappa shape index (κ3) is 4.72. The Balaban J connectivity index is 1.69. The van der Waals surface area contributed by atoms with Gasteiger partial charge in [-0.05, 0) is 24.3 Å². The number of aromatic nitrogens is 2. The van der Waals surface area contributed by atoms with Crippen LogP contribution < -0.4 is 0 Å². The van der Waals surface area contributed by atoms with Crippen molar-refractivity contribution < 1.29 is 22.9 Å². The van der Waals surface area contributed by atoms with E-state index in [0.29, 0.717) is 16.9 Å². The first-order valence-electron chi connectivity index (χ1n) is 9.37. The lowest BCUT2D eigenvalue weighted by molar-refractivity contribution is -0.385. The highest BCUT2D eigenvalue weighted by molar-refractivity contribution is 7.89. The highest BCUT2D eigenvalue weighted by Crippen LogP contribution is 2.22. The van der Waals surface area contributed by atoms with Crippen LogP contribution in [0.3, 0.4) is 0 Å². The molecule has 2 aromatic carbocycles. The van der Waals surface area contributed by atoms with Crippen molar-refractivity contribution in [1.82, 2.24) is 13.9 Å². The summed E-state index contributed by atoms with van der Waals surface area (Å²) in [5.74, 6) is 0.0816. The number of hydrogen-bond acceptors (Lipinski definition) is 7. The van der Waals surface area contributed by atoms with Gasteiger partial charge in [0.05, 0.1) is 32.8 Å². The maximum absolute atomic E-state index is 12.3. The minimum Gasteiger partial charge on any atom is -0.461 e. The van der Waals surface area contributed by atoms with E-state index in [0.717, 1.165) is 9.82 Å². The van der Waals surface area contributed by atoms with E-state index < -0.39 is 20.9 Å². The molecule has 10 nitrogen and oxygen atoms in total. The number of ether oxygens (including phenoxy) is 1. The number of para-hydroxylation sites is 1. The number of rotatable bonds is 8. The van der Waals surface area contributed by atoms with Crippen molar-refractivity contribution in [2.45, 2.75) is 24.3 Å². The van der Waals surface area contributed by atoms with Crippen molar-refractivity contribution in [1.29, 1.82) is 0 Å². The summed E-state index contributed by atoms with van der Waals surface area (Å²) in [5, 5.41) is 11.0. The van der Waals surface area contributed by atoms with Gasteiger partial charge in [-0.25, -0.2) is 17.7 Å². The van der Waals surface area contributed by atoms with Crippen LogP contribution in [0, 0.1) is 10.1 Å². The molecule has 1 aromatic heterocycles. The lowest BCUT2D eigenvalue weighted by Gasteiger charge is -2.10. The number of sulfonamides is 1. The zero-order valence-electron chi connectivity index (χ0n) is 17.3. The number of esters is 1. The molecule has 0 N–H and O–H groups in total. The first-order chi connectivity index (χ1) is 14.6. The number of carbonyl (C=O) groups excluding carboxylic acids is 1. The second kappa shape index (κ2) is 8.82. The van der Waals surface area contributed by atoms with Crippen molar-refractivity contribution >= 4 is 32.7 Å². The summed E-state index contributed by atoms with van der Waals surface area (Å²) >= 11 is 0. The molecule has 0 fully saturated rings. The van der Waals surface area contributed by atoms with Crippen LogP contribution in [-0.4, -0.2) is 47.3 Å². The van der Waals surface area contributed by atoms with Crippen LogP contribution in [0.2, 0.25) is 0 Å². The maximum Gasteiger partial charge on any atom is 0.306 e. The van der Waals surface area contributed by atoms with Gasteiger partial charge in [0.15, 0.2) is 0 Å². The smallest absolute Gasteiger partial charge is 0.306 e. The molecule has 0 saturated heterocycles. The zero-order valence-corrected chi connectivity index (χ0v) is 18.1. The molecule has 0 amide bonds. The van der Waals surface area contributed by atoms with E-state index in [2.05, 4.69) is 4.98 Å². The van der Waals surface area contributed by atoms with Gasteiger partial charge < -0.3 is 9.30 Å². The number of hydrogen-bond donors (Lipinski definition) is 0. The van der Waals surface area contributed by atoms with Gasteiger partial charge in [0, 0.05) is 33.6 Å². The van der Waals surface area contributed by atoms with Gasteiger partial charge in [0.25, 0.3) is 5.69 Å². The van der Waals surface area contributed by atoms with E-state index in [1.165, 1.54) is 38.4 Å². The number of nitro groups is 1. The summed E-state index contributed by atoms with van der Waals surface area (Å²) in [6, 6.07) is 10.8. The molecule has 164 valence electrons. The van der Waals surface area contributed by atoms with Gasteiger partial charge in [-0.15, -0.1) is 0 Å². The number of imidazole rings is 1. The van der Waals surface area contributed by atoms with E-state index in [1.54, 1.807) is 29.8 Å². The number of nitrogens with zero attached hydrogens (tertiary/aromatic N) is 4. The van der Waals surface area contributed by atoms with Crippen molar-refractivity contribution in [2.75, 3.05) is 14.1 Å². The Hall–Kier alpha value is -3.31. The summed E-state index contributed by atoms with van der Waals surface area (Å²) in [7, 11) is 1.12. The highest BCUT2D eigenvalue weighted by Gasteiger charge is 2.20. The standard InChI is InChI=1S/C20H22N4O6S/c1-22(2)31(28,29)15-8-9-18-16(12-15)21-19(23(18)3)10-11-20(25)30-13-14-6-4-5-7-17(14)24(26)27/h4-9,12H,10-11,13H2,1-3H3. The molecule has 0 radical (unpaired) electrons. The second-order valence-corrected chi connectivity index (χ2v) is 9.22. The average molecular weight is 446 g/mol. The molecule has 3 rings (SSSR count). The Bertz CT molecular complexity index is 1250. The highest BCUT2D eigenvalue weighted by atomic mass is 32.2. The molecule has 31 heavy (non-hydrogen) atoms. The van der Waals surface area contributed by atoms with Crippen molar-refractivity contribution in [3.63, 3.8) is 0 Å². The van der Waals surface area contributed by atoms with Gasteiger partial charge in [-0.2, -0.15) is 0 Å². The fourth-order valence-corrected chi connectivity index (χ4v) is 4.00. The summed E-state index contributed by atoms with van der Waals surface area (Å²) in [4.78, 5) is 27.3. The molecule has 0 bridgehead atoms. The van der Waals surface area contributed by atoms with Gasteiger partial charge in [0.2, 0.25) is 10.0 Å². The number of benzene rings is 2. The molecule has 0 unspecified atom stereocenters. The van der Waals surface area contributed by atoms with Crippen LogP contribution in [0.1, 0.15) is 17.8 Å². The van der Waals surface area contributed by atoms with Crippen LogP contribution in [0.25, 0.3) is 11.0 Å². The number of nitro benzene ring substituents is 1. The van der Waals surface area contributed by atoms with Gasteiger partial charge >= 0.3 is 5.97 Å². The van der Waals surface area contributed by atoms with Crippen molar-refractivity contribution in [3.8, 4) is 0 Å². The molecule has 1 heterocycles. The molecule has 0 atom stereocenters. The molecule has 0 aliphatic carbocycles. The normalized spacial score (nSPS) is 11.7. The van der Waals surface area contributed by atoms with Crippen LogP contribution in [0.15, 0.2) is 47.4 Å². The average Bonchev–Trinajstić information content (AvgIpc) is 3.05. The van der Waals surface area contributed by atoms with Gasteiger partial charge in [-0.3, -0.25) is 14.9 Å². The third-order valence-corrected chi connectivity index (χ3v) is 6.66. The molecule has 0 spiro atoms. The number of aryl methyl sites for hydroxylation is 2. The Labute approximate surface area is 179 Å². The number of fused-ring (bicyclic) bond motifs is 1. The lowest BCUT2D eigenvalue weighted by Crippen LogP contribution is -2.22. The Morgan fingerprint density at radius 3 is 2.61 bits per heavy atom. The SMILES string of the molecule is CN(C)S(=O)(=O)c1ccc2c(c1)nc(CCC(=O)OCc1ccccc1[N+](=O)[O-])n2C. The lowest BCUT2D eigenvalue weighted by atomic mass is 10.2. The van der Waals surface area contributed by atoms with Crippen LogP contribution in [-0.2, 0) is 39.6 Å². The molecule has 0 saturated carbocycles. The van der Waals surface area contributed by atoms with Crippen molar-refractivity contribution in [2.24, 2.45) is 7.05 Å². The first-order valence-corrected chi connectivity index (χ1v) is 10.8. The number of carbonyl (C=O) groups is 1. The van der Waals surface area contributed by atoms with E-state index in [4.69, 9.17) is 4.74 Å². The van der Waals surface area contributed by atoms with Crippen LogP contribution >= 0.6 is 0 Å². The fourth-order valence-electron chi connectivity index (χ4n) is 3.08. The molecule has 0 aliphatic rings. The minimum absolute atomic E-state index is 0.0284. The van der Waals surface area contributed by atoms with Gasteiger partial charge in [0.1, 0.15) is 12.4 Å². The Morgan fingerprint density at radius 2 is 1.94 bits per heavy atom. The van der Waals surface area contributed by atoms with Crippen LogP contribution in [0.5, 0.6) is 0 Å². The van der Waals surface area contributed by atoms with E-state index in [-0.39, 0.29) is 30.0 Å². The summed E-state index contributed by atoms with van der Waals surface area (Å²) in [6.07, 6.45) is 0.303. The maximum atomic E-state index is 12.3. The molecular formula is C20H22N4O6S. The van der Waals surface area contributed by atoms with Gasteiger partial charge in [-0.1, -0.05) is 12.1 Å². The predicted octanol–water partition coefficient (Wildman–Crippen LogP) is 2.41. The van der Waals surface area contributed by atoms with E-state index in [9.17, 15) is 23.3 Å². The molecular weight excluding hydrogens is 424 g/mol. The summed E-state index contributed by atoms with van der Waals surface area (Å²) in [6.45, 7) is -0.190. The topological polar surface area (TPSA) is 125 Å². The summed E-state index contributed by atoms with van der Waals surface area (Å²) in [5.41, 5.74) is 1.46. The summed E-state index contributed by atoms with van der Waals surface area (Å²) < 4.78 is 32.7. The largest absolute Gasteiger partial charge is 0.461 e. The Kier molecular flexibility index (Phi) is 6.37. The zero-order chi connectivity index (χ0) is 22.8. The predicted molar refractivity (Wildman–Crippen MR) is 113 cm³/mol. The third-order valence-electron chi connectivity index (χ3n) is 4.85. The monoisotopic (exact) mass is 446 g/mol. The minimum atomic E-state index is -3.58. The van der Waals surface area contributed by atoms with Crippen molar-refractivity contribution in [3.05, 3.63) is 64.0 Å². The molecule has 0 aliphatic heterocycles. The molecule has 3 aromatic rings. The molecule has 11 heteroatoms. The second-order valence-electron chi connectivity index (χ2n) is 7.07. The quantitative estimate of drug-likeness (QED) is 0.295. The first kappa shape index (κ1) is 22.4. The fraction of sp³-hybridized carbons (Fsp3) is 0.300. The Morgan fingerprint density at radius 1 is 1.23 bits per heavy atom. The van der Waals surface area contributed by atoms with E-state index >= 15 is 0 Å². The van der Waals surface area contributed by atoms with E-state index in [1.807, 2.05) is 0 Å². The van der Waals surface area contributed by atoms with Crippen LogP contribution in [0.4, 0.5) is 5.69 Å².